The van der Waals surface area contributed by atoms with E-state index in [0.29, 0.717) is 12.3 Å². The van der Waals surface area contributed by atoms with Crippen molar-refractivity contribution in [1.82, 2.24) is 15.3 Å². The molecule has 9 heteroatoms. The summed E-state index contributed by atoms with van der Waals surface area (Å²) in [6.07, 6.45) is -3.10. The summed E-state index contributed by atoms with van der Waals surface area (Å²) in [5.74, 6) is -0.225. The van der Waals surface area contributed by atoms with E-state index < -0.39 is 11.9 Å². The third-order valence-electron chi connectivity index (χ3n) is 2.59. The molecule has 126 valence electrons. The highest BCUT2D eigenvalue weighted by molar-refractivity contribution is 7.80. The predicted octanol–water partition coefficient (Wildman–Crippen LogP) is 3.76. The maximum Gasteiger partial charge on any atom is 0.433 e. The van der Waals surface area contributed by atoms with Crippen molar-refractivity contribution in [3.63, 3.8) is 0 Å². The van der Waals surface area contributed by atoms with E-state index in [1.165, 1.54) is 0 Å². The van der Waals surface area contributed by atoms with Gasteiger partial charge in [0.1, 0.15) is 5.75 Å². The minimum absolute atomic E-state index is 0.0693. The van der Waals surface area contributed by atoms with Crippen LogP contribution in [0, 0.1) is 0 Å². The van der Waals surface area contributed by atoms with Crippen molar-refractivity contribution in [2.75, 3.05) is 11.9 Å². The van der Waals surface area contributed by atoms with Gasteiger partial charge < -0.3 is 15.4 Å². The second-order valence-corrected chi connectivity index (χ2v) is 4.86. The molecule has 0 aliphatic carbocycles. The largest absolute Gasteiger partial charge is 0.439 e. The highest BCUT2D eigenvalue weighted by Gasteiger charge is 2.34. The standard InChI is InChI=1S/C15H13F3N4OS/c1-2-8-19-14(24)22-13-20-11(15(16,17)18)9-12(21-13)23-10-6-4-3-5-7-10/h2-7,9H,1,8H2,(H2,19,20,21,22,24). The van der Waals surface area contributed by atoms with Crippen LogP contribution in [0.4, 0.5) is 19.1 Å². The zero-order valence-electron chi connectivity index (χ0n) is 12.3. The summed E-state index contributed by atoms with van der Waals surface area (Å²) >= 11 is 4.94. The van der Waals surface area contributed by atoms with Gasteiger partial charge in [0.05, 0.1) is 0 Å². The molecule has 2 aromatic rings. The van der Waals surface area contributed by atoms with E-state index in [1.54, 1.807) is 36.4 Å². The molecule has 0 fully saturated rings. The first-order chi connectivity index (χ1) is 11.4. The number of thiocarbonyl (C=S) groups is 1. The average Bonchev–Trinajstić information content (AvgIpc) is 2.53. The Balaban J connectivity index is 2.28. The van der Waals surface area contributed by atoms with Gasteiger partial charge in [-0.15, -0.1) is 6.58 Å². The molecule has 1 aromatic carbocycles. The fourth-order valence-corrected chi connectivity index (χ4v) is 1.77. The van der Waals surface area contributed by atoms with Gasteiger partial charge in [0.15, 0.2) is 10.8 Å². The van der Waals surface area contributed by atoms with Gasteiger partial charge in [0.2, 0.25) is 11.8 Å². The van der Waals surface area contributed by atoms with Crippen molar-refractivity contribution >= 4 is 23.3 Å². The number of halogens is 3. The normalized spacial score (nSPS) is 10.8. The lowest BCUT2D eigenvalue weighted by molar-refractivity contribution is -0.141. The van der Waals surface area contributed by atoms with Gasteiger partial charge in [0.25, 0.3) is 0 Å². The summed E-state index contributed by atoms with van der Waals surface area (Å²) in [6, 6.07) is 9.05. The van der Waals surface area contributed by atoms with Crippen LogP contribution in [0.25, 0.3) is 0 Å². The Kier molecular flexibility index (Phi) is 5.69. The van der Waals surface area contributed by atoms with Crippen molar-refractivity contribution in [2.24, 2.45) is 0 Å². The van der Waals surface area contributed by atoms with Crippen molar-refractivity contribution in [3.8, 4) is 11.6 Å². The molecule has 0 atom stereocenters. The van der Waals surface area contributed by atoms with E-state index in [1.807, 2.05) is 0 Å². The Morgan fingerprint density at radius 2 is 1.96 bits per heavy atom. The van der Waals surface area contributed by atoms with Crippen LogP contribution in [-0.4, -0.2) is 21.6 Å². The molecule has 0 saturated heterocycles. The summed E-state index contributed by atoms with van der Waals surface area (Å²) in [4.78, 5) is 7.31. The number of alkyl halides is 3. The summed E-state index contributed by atoms with van der Waals surface area (Å²) in [6.45, 7) is 3.84. The number of hydrogen-bond acceptors (Lipinski definition) is 4. The summed E-state index contributed by atoms with van der Waals surface area (Å²) in [5.41, 5.74) is -1.14. The van der Waals surface area contributed by atoms with E-state index in [-0.39, 0.29) is 16.9 Å². The Hall–Kier alpha value is -2.68. The molecule has 0 spiro atoms. The van der Waals surface area contributed by atoms with Crippen LogP contribution < -0.4 is 15.4 Å². The van der Waals surface area contributed by atoms with Gasteiger partial charge in [-0.25, -0.2) is 4.98 Å². The van der Waals surface area contributed by atoms with Gasteiger partial charge in [-0.05, 0) is 24.4 Å². The van der Waals surface area contributed by atoms with Crippen molar-refractivity contribution in [2.45, 2.75) is 6.18 Å². The lowest BCUT2D eigenvalue weighted by Gasteiger charge is -2.13. The molecule has 0 amide bonds. The number of ether oxygens (including phenoxy) is 1. The van der Waals surface area contributed by atoms with Gasteiger partial charge in [0, 0.05) is 12.6 Å². The summed E-state index contributed by atoms with van der Waals surface area (Å²) in [5, 5.41) is 5.26. The van der Waals surface area contributed by atoms with Crippen molar-refractivity contribution in [3.05, 3.63) is 54.7 Å². The SMILES string of the molecule is C=CCNC(=S)Nc1nc(Oc2ccccc2)cc(C(F)(F)F)n1. The molecule has 0 aliphatic heterocycles. The minimum Gasteiger partial charge on any atom is -0.439 e. The number of anilines is 1. The topological polar surface area (TPSA) is 59.1 Å². The van der Waals surface area contributed by atoms with Crippen LogP contribution in [-0.2, 0) is 6.18 Å². The Bertz CT molecular complexity index is 722. The molecule has 5 nitrogen and oxygen atoms in total. The molecule has 1 aromatic heterocycles. The van der Waals surface area contributed by atoms with Gasteiger partial charge in [-0.1, -0.05) is 24.3 Å². The number of nitrogens with zero attached hydrogens (tertiary/aromatic N) is 2. The van der Waals surface area contributed by atoms with E-state index in [2.05, 4.69) is 27.2 Å². The maximum absolute atomic E-state index is 13.0. The van der Waals surface area contributed by atoms with Crippen LogP contribution in [0.2, 0.25) is 0 Å². The third kappa shape index (κ3) is 5.20. The van der Waals surface area contributed by atoms with E-state index in [9.17, 15) is 13.2 Å². The number of rotatable bonds is 5. The maximum atomic E-state index is 13.0. The van der Waals surface area contributed by atoms with E-state index in [4.69, 9.17) is 17.0 Å². The molecule has 0 unspecified atom stereocenters. The second-order valence-electron chi connectivity index (χ2n) is 4.45. The van der Waals surface area contributed by atoms with Crippen LogP contribution in [0.15, 0.2) is 49.1 Å². The lowest BCUT2D eigenvalue weighted by Crippen LogP contribution is -2.29. The first kappa shape index (κ1) is 17.7. The summed E-state index contributed by atoms with van der Waals surface area (Å²) < 4.78 is 44.3. The molecule has 0 bridgehead atoms. The molecule has 0 saturated carbocycles. The Morgan fingerprint density at radius 1 is 1.25 bits per heavy atom. The quantitative estimate of drug-likeness (QED) is 0.630. The van der Waals surface area contributed by atoms with Crippen LogP contribution in [0.1, 0.15) is 5.69 Å². The molecule has 0 aliphatic rings. The fourth-order valence-electron chi connectivity index (χ4n) is 1.60. The van der Waals surface area contributed by atoms with Crippen LogP contribution in [0.5, 0.6) is 11.6 Å². The zero-order valence-corrected chi connectivity index (χ0v) is 13.1. The zero-order chi connectivity index (χ0) is 17.6. The number of hydrogen-bond donors (Lipinski definition) is 2. The van der Waals surface area contributed by atoms with Crippen LogP contribution in [0.3, 0.4) is 0 Å². The average molecular weight is 354 g/mol. The van der Waals surface area contributed by atoms with Gasteiger partial charge in [-0.3, -0.25) is 0 Å². The number of para-hydroxylation sites is 1. The highest BCUT2D eigenvalue weighted by Crippen LogP contribution is 2.31. The smallest absolute Gasteiger partial charge is 0.433 e. The van der Waals surface area contributed by atoms with Gasteiger partial charge in [-0.2, -0.15) is 18.2 Å². The highest BCUT2D eigenvalue weighted by atomic mass is 32.1. The second kappa shape index (κ2) is 7.73. The number of aromatic nitrogens is 2. The Morgan fingerprint density at radius 3 is 2.58 bits per heavy atom. The monoisotopic (exact) mass is 354 g/mol. The molecule has 0 radical (unpaired) electrons. The number of benzene rings is 1. The summed E-state index contributed by atoms with van der Waals surface area (Å²) in [7, 11) is 0. The van der Waals surface area contributed by atoms with E-state index >= 15 is 0 Å². The first-order valence-electron chi connectivity index (χ1n) is 6.73. The molecule has 24 heavy (non-hydrogen) atoms. The minimum atomic E-state index is -4.65. The van der Waals surface area contributed by atoms with Crippen LogP contribution >= 0.6 is 12.2 Å². The molecular weight excluding hydrogens is 341 g/mol. The molecule has 2 N–H and O–H groups in total. The van der Waals surface area contributed by atoms with Crippen molar-refractivity contribution < 1.29 is 17.9 Å². The molecule has 1 heterocycles. The van der Waals surface area contributed by atoms with Gasteiger partial charge >= 0.3 is 6.18 Å². The third-order valence-corrected chi connectivity index (χ3v) is 2.84. The Labute approximate surface area is 141 Å². The fraction of sp³-hybridized carbons (Fsp3) is 0.133. The van der Waals surface area contributed by atoms with Crippen molar-refractivity contribution in [1.29, 1.82) is 0 Å². The lowest BCUT2D eigenvalue weighted by atomic mass is 10.3. The number of nitrogens with one attached hydrogen (secondary N) is 2. The van der Waals surface area contributed by atoms with E-state index in [0.717, 1.165) is 6.07 Å². The molecular formula is C15H13F3N4OS. The predicted molar refractivity (Wildman–Crippen MR) is 88.0 cm³/mol. The first-order valence-corrected chi connectivity index (χ1v) is 7.14. The molecule has 2 rings (SSSR count).